The quantitative estimate of drug-likeness (QED) is 0.257. The van der Waals surface area contributed by atoms with Crippen molar-refractivity contribution < 1.29 is 23.4 Å². The van der Waals surface area contributed by atoms with E-state index in [0.717, 1.165) is 48.1 Å². The first-order valence-corrected chi connectivity index (χ1v) is 14.7. The number of carbonyl (C=O) groups excluding carboxylic acids is 1. The van der Waals surface area contributed by atoms with Gasteiger partial charge in [0.1, 0.15) is 35.6 Å². The number of alkyl carbamates (subject to hydrolysis) is 1. The Balaban J connectivity index is 1.06. The first-order valence-electron chi connectivity index (χ1n) is 14.7. The molecular weight excluding hydrogens is 521 g/mol. The second-order valence-corrected chi connectivity index (χ2v) is 13.6. The molecule has 2 aromatic carbocycles. The normalized spacial score (nSPS) is 28.2. The van der Waals surface area contributed by atoms with Crippen LogP contribution in [0.2, 0.25) is 0 Å². The summed E-state index contributed by atoms with van der Waals surface area (Å²) in [6.07, 6.45) is 3.60. The molecule has 0 bridgehead atoms. The number of amides is 1. The lowest BCUT2D eigenvalue weighted by atomic mass is 9.48. The van der Waals surface area contributed by atoms with Crippen molar-refractivity contribution in [3.63, 3.8) is 0 Å². The van der Waals surface area contributed by atoms with Crippen LogP contribution in [0.3, 0.4) is 0 Å². The second kappa shape index (κ2) is 10.9. The number of hydrogen-bond acceptors (Lipinski definition) is 5. The van der Waals surface area contributed by atoms with Crippen molar-refractivity contribution in [2.75, 3.05) is 13.7 Å². The number of carbonyl (C=O) groups is 1. The topological polar surface area (TPSA) is 92.7 Å². The summed E-state index contributed by atoms with van der Waals surface area (Å²) in [5.74, 6) is 1.25. The van der Waals surface area contributed by atoms with E-state index in [0.29, 0.717) is 18.7 Å². The lowest BCUT2D eigenvalue weighted by Gasteiger charge is -2.60. The minimum absolute atomic E-state index is 0.0341. The first kappa shape index (κ1) is 29.4. The van der Waals surface area contributed by atoms with Gasteiger partial charge >= 0.3 is 6.09 Å². The van der Waals surface area contributed by atoms with Gasteiger partial charge in [-0.3, -0.25) is 5.41 Å². The molecule has 1 heterocycles. The summed E-state index contributed by atoms with van der Waals surface area (Å²) in [4.78, 5) is 12.0. The van der Waals surface area contributed by atoms with Crippen LogP contribution in [0.5, 0.6) is 5.75 Å². The maximum atomic E-state index is 15.2. The van der Waals surface area contributed by atoms with E-state index in [1.807, 2.05) is 42.5 Å². The minimum Gasteiger partial charge on any atom is -0.487 e. The summed E-state index contributed by atoms with van der Waals surface area (Å²) in [5.41, 5.74) is 0.903. The van der Waals surface area contributed by atoms with Gasteiger partial charge < -0.3 is 24.8 Å². The molecule has 7 nitrogen and oxygen atoms in total. The molecule has 41 heavy (non-hydrogen) atoms. The predicted molar refractivity (Wildman–Crippen MR) is 157 cm³/mol. The summed E-state index contributed by atoms with van der Waals surface area (Å²) >= 11 is 0. The molecule has 5 rings (SSSR count). The Morgan fingerprint density at radius 3 is 2.49 bits per heavy atom. The van der Waals surface area contributed by atoms with Crippen LogP contribution >= 0.6 is 0 Å². The third-order valence-corrected chi connectivity index (χ3v) is 9.68. The minimum atomic E-state index is -1.40. The standard InChI is InChI=1S/C33H44FN3O4/c1-30(2,3)31(4,39-5)27-14-12-23-15-24(11-13-26(23)41-27)28(35)37-25-16-32(17-25)19-33(34,20-32)21-36-29(38)40-18-22-9-7-6-8-10-22/h6-11,13,15,25,27H,12,14,16-21H2,1-5H3,(H2,35,37)(H,36,38)/t25?,27-,31+,32?,33?/m1/s1. The molecule has 3 N–H and O–H groups in total. The second-order valence-electron chi connectivity index (χ2n) is 13.6. The summed E-state index contributed by atoms with van der Waals surface area (Å²) in [6.45, 7) is 8.77. The van der Waals surface area contributed by atoms with E-state index >= 15 is 4.39 Å². The van der Waals surface area contributed by atoms with Gasteiger partial charge in [0.05, 0.1) is 6.54 Å². The Labute approximate surface area is 243 Å². The number of benzene rings is 2. The number of amidine groups is 1. The fourth-order valence-corrected chi connectivity index (χ4v) is 6.94. The molecule has 1 aliphatic heterocycles. The van der Waals surface area contributed by atoms with Crippen molar-refractivity contribution in [1.82, 2.24) is 10.6 Å². The molecule has 222 valence electrons. The van der Waals surface area contributed by atoms with E-state index in [1.165, 1.54) is 0 Å². The van der Waals surface area contributed by atoms with Crippen molar-refractivity contribution >= 4 is 11.9 Å². The average molecular weight is 566 g/mol. The third kappa shape index (κ3) is 6.08. The smallest absolute Gasteiger partial charge is 0.407 e. The summed E-state index contributed by atoms with van der Waals surface area (Å²) in [7, 11) is 1.75. The number of ether oxygens (including phenoxy) is 3. The highest BCUT2D eigenvalue weighted by Gasteiger charge is 2.61. The van der Waals surface area contributed by atoms with E-state index in [-0.39, 0.29) is 36.1 Å². The van der Waals surface area contributed by atoms with Crippen LogP contribution in [0.25, 0.3) is 0 Å². The Bertz CT molecular complexity index is 1260. The molecular formula is C33H44FN3O4. The maximum absolute atomic E-state index is 15.2. The fourth-order valence-electron chi connectivity index (χ4n) is 6.94. The number of halogens is 1. The van der Waals surface area contributed by atoms with Gasteiger partial charge in [-0.25, -0.2) is 9.18 Å². The number of nitrogens with one attached hydrogen (secondary N) is 3. The van der Waals surface area contributed by atoms with Gasteiger partial charge in [0.15, 0.2) is 0 Å². The molecule has 2 saturated carbocycles. The van der Waals surface area contributed by atoms with Gasteiger partial charge in [0.2, 0.25) is 0 Å². The van der Waals surface area contributed by atoms with Crippen LogP contribution in [0.4, 0.5) is 9.18 Å². The van der Waals surface area contributed by atoms with Gasteiger partial charge in [-0.05, 0) is 85.6 Å². The van der Waals surface area contributed by atoms with Crippen LogP contribution in [-0.4, -0.2) is 49.0 Å². The van der Waals surface area contributed by atoms with E-state index in [1.54, 1.807) is 7.11 Å². The van der Waals surface area contributed by atoms with Crippen molar-refractivity contribution in [2.24, 2.45) is 10.8 Å². The van der Waals surface area contributed by atoms with Gasteiger partial charge in [-0.15, -0.1) is 0 Å². The number of alkyl halides is 1. The van der Waals surface area contributed by atoms with Crippen LogP contribution < -0.4 is 15.4 Å². The zero-order valence-electron chi connectivity index (χ0n) is 24.9. The molecule has 0 saturated heterocycles. The van der Waals surface area contributed by atoms with Gasteiger partial charge in [0, 0.05) is 18.7 Å². The Morgan fingerprint density at radius 2 is 1.83 bits per heavy atom. The largest absolute Gasteiger partial charge is 0.487 e. The van der Waals surface area contributed by atoms with E-state index < -0.39 is 17.4 Å². The summed E-state index contributed by atoms with van der Waals surface area (Å²) in [5, 5.41) is 14.6. The highest BCUT2D eigenvalue weighted by molar-refractivity contribution is 5.97. The molecule has 1 spiro atoms. The van der Waals surface area contributed by atoms with Crippen LogP contribution in [0.1, 0.15) is 76.5 Å². The van der Waals surface area contributed by atoms with Crippen molar-refractivity contribution in [1.29, 1.82) is 5.41 Å². The van der Waals surface area contributed by atoms with E-state index in [4.69, 9.17) is 19.6 Å². The molecule has 0 aromatic heterocycles. The van der Waals surface area contributed by atoms with Gasteiger partial charge in [-0.2, -0.15) is 0 Å². The number of aryl methyl sites for hydroxylation is 1. The molecule has 2 aliphatic carbocycles. The van der Waals surface area contributed by atoms with Crippen LogP contribution in [0, 0.1) is 16.2 Å². The van der Waals surface area contributed by atoms with Crippen molar-refractivity contribution in [3.8, 4) is 5.75 Å². The average Bonchev–Trinajstić information content (AvgIpc) is 2.92. The van der Waals surface area contributed by atoms with Crippen molar-refractivity contribution in [2.45, 2.75) is 96.2 Å². The monoisotopic (exact) mass is 565 g/mol. The van der Waals surface area contributed by atoms with Crippen LogP contribution in [0.15, 0.2) is 48.5 Å². The Hall–Kier alpha value is -3.13. The molecule has 0 unspecified atom stereocenters. The lowest BCUT2D eigenvalue weighted by Crippen LogP contribution is -2.63. The maximum Gasteiger partial charge on any atom is 0.407 e. The number of methoxy groups -OCH3 is 1. The fraction of sp³-hybridized carbons (Fsp3) is 0.576. The molecule has 8 heteroatoms. The van der Waals surface area contributed by atoms with Gasteiger partial charge in [-0.1, -0.05) is 51.1 Å². The molecule has 1 amide bonds. The molecule has 0 radical (unpaired) electrons. The molecule has 2 aromatic rings. The van der Waals surface area contributed by atoms with Crippen molar-refractivity contribution in [3.05, 3.63) is 65.2 Å². The highest BCUT2D eigenvalue weighted by Crippen LogP contribution is 2.61. The van der Waals surface area contributed by atoms with Crippen LogP contribution in [-0.2, 0) is 22.5 Å². The Kier molecular flexibility index (Phi) is 7.83. The highest BCUT2D eigenvalue weighted by atomic mass is 19.1. The SMILES string of the molecule is CO[C@@](C)([C@H]1CCc2cc(C(=N)NC3CC4(C3)CC(F)(CNC(=O)OCc3ccccc3)C4)ccc2O1)C(C)(C)C. The zero-order valence-corrected chi connectivity index (χ0v) is 24.9. The van der Waals surface area contributed by atoms with E-state index in [2.05, 4.69) is 44.4 Å². The number of hydrogen-bond donors (Lipinski definition) is 3. The number of fused-ring (bicyclic) bond motifs is 1. The molecule has 2 fully saturated rings. The third-order valence-electron chi connectivity index (χ3n) is 9.68. The van der Waals surface area contributed by atoms with Gasteiger partial charge in [0.25, 0.3) is 0 Å². The lowest BCUT2D eigenvalue weighted by molar-refractivity contribution is -0.147. The predicted octanol–water partition coefficient (Wildman–Crippen LogP) is 6.32. The first-order chi connectivity index (χ1) is 19.3. The summed E-state index contributed by atoms with van der Waals surface area (Å²) < 4.78 is 32.8. The van der Waals surface area contributed by atoms with E-state index in [9.17, 15) is 4.79 Å². The molecule has 3 aliphatic rings. The number of rotatable bonds is 8. The summed E-state index contributed by atoms with van der Waals surface area (Å²) in [6, 6.07) is 15.5. The Morgan fingerprint density at radius 1 is 1.12 bits per heavy atom. The zero-order chi connectivity index (χ0) is 29.5. The molecule has 2 atom stereocenters.